The predicted molar refractivity (Wildman–Crippen MR) is 94.2 cm³/mol. The van der Waals surface area contributed by atoms with Crippen molar-refractivity contribution >= 4 is 17.2 Å². The van der Waals surface area contributed by atoms with Gasteiger partial charge in [0.1, 0.15) is 0 Å². The zero-order valence-electron chi connectivity index (χ0n) is 13.7. The van der Waals surface area contributed by atoms with Crippen LogP contribution in [-0.2, 0) is 4.74 Å². The van der Waals surface area contributed by atoms with Crippen LogP contribution in [0.2, 0.25) is 0 Å². The molecule has 0 bridgehead atoms. The van der Waals surface area contributed by atoms with Gasteiger partial charge in [-0.1, -0.05) is 6.07 Å². The van der Waals surface area contributed by atoms with Crippen molar-refractivity contribution in [2.75, 3.05) is 19.8 Å². The van der Waals surface area contributed by atoms with Crippen molar-refractivity contribution in [2.45, 2.75) is 25.9 Å². The molecule has 1 aliphatic carbocycles. The normalized spacial score (nSPS) is 15.2. The maximum Gasteiger partial charge on any atom is 0.253 e. The van der Waals surface area contributed by atoms with Gasteiger partial charge in [-0.05, 0) is 49.3 Å². The van der Waals surface area contributed by atoms with E-state index in [4.69, 9.17) is 4.74 Å². The standard InChI is InChI=1S/C18H22N2O3S/c1-12-15(6-7-16(20-12)17-3-2-8-24-17)18(22)19-9-14(21)11-23-10-13-4-5-13/h2-3,6-8,13-14,21H,4-5,9-11H2,1H3,(H,19,22). The van der Waals surface area contributed by atoms with Crippen LogP contribution in [0, 0.1) is 12.8 Å². The number of aryl methyl sites for hydroxylation is 1. The largest absolute Gasteiger partial charge is 0.389 e. The van der Waals surface area contributed by atoms with E-state index in [1.54, 1.807) is 17.4 Å². The molecule has 128 valence electrons. The first-order valence-electron chi connectivity index (χ1n) is 8.19. The molecule has 3 rings (SSSR count). The molecule has 0 aliphatic heterocycles. The van der Waals surface area contributed by atoms with Crippen LogP contribution in [0.4, 0.5) is 0 Å². The third-order valence-corrected chi connectivity index (χ3v) is 4.86. The molecule has 0 saturated heterocycles. The summed E-state index contributed by atoms with van der Waals surface area (Å²) in [5.74, 6) is 0.446. The Labute approximate surface area is 145 Å². The third-order valence-electron chi connectivity index (χ3n) is 3.96. The second-order valence-electron chi connectivity index (χ2n) is 6.15. The Hall–Kier alpha value is -1.76. The average Bonchev–Trinajstić information content (AvgIpc) is 3.23. The lowest BCUT2D eigenvalue weighted by Crippen LogP contribution is -2.35. The molecule has 24 heavy (non-hydrogen) atoms. The highest BCUT2D eigenvalue weighted by atomic mass is 32.1. The van der Waals surface area contributed by atoms with Crippen molar-refractivity contribution < 1.29 is 14.6 Å². The number of aliphatic hydroxyl groups is 1. The van der Waals surface area contributed by atoms with Gasteiger partial charge in [-0.15, -0.1) is 11.3 Å². The number of aliphatic hydroxyl groups excluding tert-OH is 1. The van der Waals surface area contributed by atoms with E-state index in [-0.39, 0.29) is 19.1 Å². The highest BCUT2D eigenvalue weighted by Crippen LogP contribution is 2.28. The van der Waals surface area contributed by atoms with Crippen LogP contribution in [0.15, 0.2) is 29.6 Å². The van der Waals surface area contributed by atoms with Gasteiger partial charge in [-0.2, -0.15) is 0 Å². The van der Waals surface area contributed by atoms with Gasteiger partial charge in [0.05, 0.1) is 34.5 Å². The lowest BCUT2D eigenvalue weighted by atomic mass is 10.1. The van der Waals surface area contributed by atoms with E-state index < -0.39 is 6.10 Å². The summed E-state index contributed by atoms with van der Waals surface area (Å²) in [5, 5.41) is 14.6. The van der Waals surface area contributed by atoms with Crippen LogP contribution >= 0.6 is 11.3 Å². The van der Waals surface area contributed by atoms with Crippen molar-refractivity contribution in [1.29, 1.82) is 0 Å². The fourth-order valence-corrected chi connectivity index (χ4v) is 3.08. The Morgan fingerprint density at radius 2 is 2.29 bits per heavy atom. The fourth-order valence-electron chi connectivity index (χ4n) is 2.38. The maximum absolute atomic E-state index is 12.3. The first-order valence-corrected chi connectivity index (χ1v) is 9.07. The van der Waals surface area contributed by atoms with E-state index in [9.17, 15) is 9.90 Å². The highest BCUT2D eigenvalue weighted by Gasteiger charge is 2.21. The zero-order valence-corrected chi connectivity index (χ0v) is 14.5. The average molecular weight is 346 g/mol. The zero-order chi connectivity index (χ0) is 16.9. The molecule has 2 aromatic rings. The fraction of sp³-hybridized carbons (Fsp3) is 0.444. The molecule has 1 aliphatic rings. The number of hydrogen-bond donors (Lipinski definition) is 2. The number of pyridine rings is 1. The van der Waals surface area contributed by atoms with Crippen LogP contribution in [0.5, 0.6) is 0 Å². The molecular weight excluding hydrogens is 324 g/mol. The smallest absolute Gasteiger partial charge is 0.253 e. The van der Waals surface area contributed by atoms with E-state index in [1.807, 2.05) is 30.5 Å². The molecule has 1 saturated carbocycles. The highest BCUT2D eigenvalue weighted by molar-refractivity contribution is 7.13. The minimum absolute atomic E-state index is 0.176. The molecule has 1 atom stereocenters. The number of thiophene rings is 1. The van der Waals surface area contributed by atoms with Crippen LogP contribution in [0.25, 0.3) is 10.6 Å². The van der Waals surface area contributed by atoms with Crippen molar-refractivity contribution in [3.63, 3.8) is 0 Å². The summed E-state index contributed by atoms with van der Waals surface area (Å²) in [4.78, 5) is 17.8. The number of rotatable bonds is 8. The lowest BCUT2D eigenvalue weighted by Gasteiger charge is -2.13. The van der Waals surface area contributed by atoms with Gasteiger partial charge in [0.2, 0.25) is 0 Å². The SMILES string of the molecule is Cc1nc(-c2cccs2)ccc1C(=O)NCC(O)COCC1CC1. The van der Waals surface area contributed by atoms with E-state index in [0.29, 0.717) is 23.8 Å². The molecular formula is C18H22N2O3S. The van der Waals surface area contributed by atoms with Crippen LogP contribution < -0.4 is 5.32 Å². The number of nitrogens with zero attached hydrogens (tertiary/aromatic N) is 1. The van der Waals surface area contributed by atoms with Gasteiger partial charge in [-0.25, -0.2) is 0 Å². The second kappa shape index (κ2) is 7.88. The second-order valence-corrected chi connectivity index (χ2v) is 7.10. The predicted octanol–water partition coefficient (Wildman–Crippen LogP) is 2.64. The molecule has 2 N–H and O–H groups in total. The first kappa shape index (κ1) is 17.1. The summed E-state index contributed by atoms with van der Waals surface area (Å²) >= 11 is 1.62. The topological polar surface area (TPSA) is 71.5 Å². The van der Waals surface area contributed by atoms with Gasteiger partial charge in [0, 0.05) is 13.2 Å². The Morgan fingerprint density at radius 1 is 1.46 bits per heavy atom. The van der Waals surface area contributed by atoms with Crippen molar-refractivity contribution in [2.24, 2.45) is 5.92 Å². The molecule has 1 amide bonds. The lowest BCUT2D eigenvalue weighted by molar-refractivity contribution is 0.0320. The minimum atomic E-state index is -0.689. The molecule has 5 nitrogen and oxygen atoms in total. The van der Waals surface area contributed by atoms with E-state index in [2.05, 4.69) is 10.3 Å². The number of hydrogen-bond acceptors (Lipinski definition) is 5. The summed E-state index contributed by atoms with van der Waals surface area (Å²) in [6.07, 6.45) is 1.76. The van der Waals surface area contributed by atoms with Gasteiger partial charge in [0.25, 0.3) is 5.91 Å². The van der Waals surface area contributed by atoms with Gasteiger partial charge < -0.3 is 15.2 Å². The quantitative estimate of drug-likeness (QED) is 0.771. The van der Waals surface area contributed by atoms with Gasteiger partial charge >= 0.3 is 0 Å². The maximum atomic E-state index is 12.3. The Balaban J connectivity index is 1.50. The Kier molecular flexibility index (Phi) is 5.60. The molecule has 2 heterocycles. The molecule has 0 spiro atoms. The number of nitrogens with one attached hydrogen (secondary N) is 1. The summed E-state index contributed by atoms with van der Waals surface area (Å²) in [5.41, 5.74) is 2.08. The van der Waals surface area contributed by atoms with Gasteiger partial charge in [-0.3, -0.25) is 9.78 Å². The van der Waals surface area contributed by atoms with Crippen molar-refractivity contribution in [3.8, 4) is 10.6 Å². The summed E-state index contributed by atoms with van der Waals surface area (Å²) in [6, 6.07) is 7.61. The summed E-state index contributed by atoms with van der Waals surface area (Å²) < 4.78 is 5.43. The van der Waals surface area contributed by atoms with Crippen LogP contribution in [0.1, 0.15) is 28.9 Å². The minimum Gasteiger partial charge on any atom is -0.389 e. The number of carbonyl (C=O) groups excluding carboxylic acids is 1. The summed E-state index contributed by atoms with van der Waals surface area (Å²) in [6.45, 7) is 2.96. The van der Waals surface area contributed by atoms with Crippen molar-refractivity contribution in [3.05, 3.63) is 40.9 Å². The molecule has 1 fully saturated rings. The number of ether oxygens (including phenoxy) is 1. The van der Waals surface area contributed by atoms with Crippen LogP contribution in [-0.4, -0.2) is 41.9 Å². The van der Waals surface area contributed by atoms with E-state index in [0.717, 1.165) is 10.6 Å². The summed E-state index contributed by atoms with van der Waals surface area (Å²) in [7, 11) is 0. The molecule has 0 aromatic carbocycles. The van der Waals surface area contributed by atoms with Crippen molar-refractivity contribution in [1.82, 2.24) is 10.3 Å². The molecule has 0 radical (unpaired) electrons. The number of carbonyl (C=O) groups is 1. The monoisotopic (exact) mass is 346 g/mol. The third kappa shape index (κ3) is 4.63. The van der Waals surface area contributed by atoms with Crippen LogP contribution in [0.3, 0.4) is 0 Å². The first-order chi connectivity index (χ1) is 11.6. The van der Waals surface area contributed by atoms with E-state index in [1.165, 1.54) is 12.8 Å². The molecule has 2 aromatic heterocycles. The Bertz CT molecular complexity index is 684. The van der Waals surface area contributed by atoms with E-state index >= 15 is 0 Å². The number of aromatic nitrogens is 1. The molecule has 6 heteroatoms. The Morgan fingerprint density at radius 3 is 2.96 bits per heavy atom. The molecule has 1 unspecified atom stereocenters. The van der Waals surface area contributed by atoms with Gasteiger partial charge in [0.15, 0.2) is 0 Å². The number of amides is 1.